The van der Waals surface area contributed by atoms with Gasteiger partial charge in [-0.3, -0.25) is 4.79 Å². The van der Waals surface area contributed by atoms with Crippen molar-refractivity contribution in [3.63, 3.8) is 0 Å². The van der Waals surface area contributed by atoms with Gasteiger partial charge in [-0.2, -0.15) is 0 Å². The fraction of sp³-hybridized carbons (Fsp3) is 0.857. The van der Waals surface area contributed by atoms with E-state index in [2.05, 4.69) is 10.6 Å². The highest BCUT2D eigenvalue weighted by Crippen LogP contribution is 2.33. The summed E-state index contributed by atoms with van der Waals surface area (Å²) in [5, 5.41) is 15.4. The summed E-state index contributed by atoms with van der Waals surface area (Å²) in [4.78, 5) is 23.9. The zero-order chi connectivity index (χ0) is 14.5. The van der Waals surface area contributed by atoms with E-state index in [-0.39, 0.29) is 5.91 Å². The molecule has 0 radical (unpaired) electrons. The summed E-state index contributed by atoms with van der Waals surface area (Å²) in [5.41, 5.74) is -1.56. The van der Waals surface area contributed by atoms with Crippen LogP contribution in [0, 0.1) is 5.41 Å². The molecule has 110 valence electrons. The number of piperidine rings is 1. The predicted octanol–water partition coefficient (Wildman–Crippen LogP) is 1.53. The average Bonchev–Trinajstić information content (AvgIpc) is 2.39. The van der Waals surface area contributed by atoms with Crippen molar-refractivity contribution in [2.24, 2.45) is 5.41 Å². The number of rotatable bonds is 6. The molecule has 0 bridgehead atoms. The first kappa shape index (κ1) is 16.0. The van der Waals surface area contributed by atoms with E-state index in [0.717, 1.165) is 38.8 Å². The molecule has 5 nitrogen and oxygen atoms in total. The number of amides is 1. The maximum atomic E-state index is 12.5. The molecule has 0 aromatic rings. The molecule has 1 aliphatic heterocycles. The summed E-state index contributed by atoms with van der Waals surface area (Å²) >= 11 is 0. The van der Waals surface area contributed by atoms with Gasteiger partial charge < -0.3 is 15.7 Å². The molecule has 0 aromatic heterocycles. The van der Waals surface area contributed by atoms with E-state index in [4.69, 9.17) is 0 Å². The molecule has 0 aliphatic carbocycles. The Labute approximate surface area is 115 Å². The zero-order valence-electron chi connectivity index (χ0n) is 12.2. The molecule has 1 saturated heterocycles. The zero-order valence-corrected chi connectivity index (χ0v) is 12.2. The number of nitrogens with one attached hydrogen (secondary N) is 2. The van der Waals surface area contributed by atoms with Crippen molar-refractivity contribution in [1.29, 1.82) is 0 Å². The number of hydrogen-bond acceptors (Lipinski definition) is 3. The van der Waals surface area contributed by atoms with Gasteiger partial charge in [0.25, 0.3) is 0 Å². The molecule has 0 aromatic carbocycles. The first-order valence-electron chi connectivity index (χ1n) is 7.17. The fourth-order valence-electron chi connectivity index (χ4n) is 2.75. The Bertz CT molecular complexity index is 338. The number of hydrogen-bond donors (Lipinski definition) is 3. The van der Waals surface area contributed by atoms with E-state index in [1.54, 1.807) is 6.92 Å². The number of carboxylic acid groups (broad SMARTS) is 1. The third kappa shape index (κ3) is 3.47. The van der Waals surface area contributed by atoms with Crippen LogP contribution in [0.15, 0.2) is 0 Å². The lowest BCUT2D eigenvalue weighted by atomic mass is 9.75. The van der Waals surface area contributed by atoms with Crippen LogP contribution < -0.4 is 10.6 Å². The smallest absolute Gasteiger partial charge is 0.329 e. The second-order valence-corrected chi connectivity index (χ2v) is 5.73. The van der Waals surface area contributed by atoms with E-state index in [0.29, 0.717) is 6.42 Å². The van der Waals surface area contributed by atoms with Gasteiger partial charge in [0, 0.05) is 0 Å². The Hall–Kier alpha value is -1.10. The number of carboxylic acids is 1. The van der Waals surface area contributed by atoms with Crippen LogP contribution in [0.3, 0.4) is 0 Å². The summed E-state index contributed by atoms with van der Waals surface area (Å²) in [5.74, 6) is -1.06. The Morgan fingerprint density at radius 1 is 1.32 bits per heavy atom. The van der Waals surface area contributed by atoms with Crippen molar-refractivity contribution in [2.75, 3.05) is 13.1 Å². The molecular formula is C14H26N2O3. The van der Waals surface area contributed by atoms with Gasteiger partial charge in [0.15, 0.2) is 0 Å². The highest BCUT2D eigenvalue weighted by Gasteiger charge is 2.42. The molecule has 1 unspecified atom stereocenters. The maximum Gasteiger partial charge on any atom is 0.329 e. The van der Waals surface area contributed by atoms with Crippen LogP contribution in [0.2, 0.25) is 0 Å². The van der Waals surface area contributed by atoms with E-state index in [9.17, 15) is 14.7 Å². The summed E-state index contributed by atoms with van der Waals surface area (Å²) < 4.78 is 0. The lowest BCUT2D eigenvalue weighted by Crippen LogP contribution is -2.58. The second-order valence-electron chi connectivity index (χ2n) is 5.73. The van der Waals surface area contributed by atoms with Gasteiger partial charge in [0.1, 0.15) is 5.54 Å². The van der Waals surface area contributed by atoms with Crippen LogP contribution in [-0.4, -0.2) is 35.6 Å². The van der Waals surface area contributed by atoms with Crippen LogP contribution in [-0.2, 0) is 9.59 Å². The molecule has 1 fully saturated rings. The lowest BCUT2D eigenvalue weighted by Gasteiger charge is -2.38. The number of aliphatic carboxylic acids is 1. The summed E-state index contributed by atoms with van der Waals surface area (Å²) in [7, 11) is 0. The molecule has 1 atom stereocenters. The van der Waals surface area contributed by atoms with Crippen LogP contribution in [0.25, 0.3) is 0 Å². The van der Waals surface area contributed by atoms with Crippen LogP contribution >= 0.6 is 0 Å². The molecule has 0 spiro atoms. The molecule has 1 heterocycles. The van der Waals surface area contributed by atoms with Gasteiger partial charge in [0.2, 0.25) is 5.91 Å². The monoisotopic (exact) mass is 270 g/mol. The lowest BCUT2D eigenvalue weighted by molar-refractivity contribution is -0.150. The Balaban J connectivity index is 2.83. The quantitative estimate of drug-likeness (QED) is 0.684. The largest absolute Gasteiger partial charge is 0.480 e. The van der Waals surface area contributed by atoms with Crippen LogP contribution in [0.4, 0.5) is 0 Å². The van der Waals surface area contributed by atoms with E-state index < -0.39 is 16.9 Å². The van der Waals surface area contributed by atoms with Crippen molar-refractivity contribution < 1.29 is 14.7 Å². The third-order valence-corrected chi connectivity index (χ3v) is 4.33. The van der Waals surface area contributed by atoms with Crippen molar-refractivity contribution in [3.8, 4) is 0 Å². The minimum Gasteiger partial charge on any atom is -0.480 e. The topological polar surface area (TPSA) is 78.4 Å². The molecule has 3 N–H and O–H groups in total. The predicted molar refractivity (Wildman–Crippen MR) is 73.9 cm³/mol. The van der Waals surface area contributed by atoms with Crippen LogP contribution in [0.5, 0.6) is 0 Å². The van der Waals surface area contributed by atoms with Crippen molar-refractivity contribution >= 4 is 11.9 Å². The minimum atomic E-state index is -1.15. The first-order valence-corrected chi connectivity index (χ1v) is 7.17. The molecule has 1 aliphatic rings. The number of carbonyl (C=O) groups excluding carboxylic acids is 1. The van der Waals surface area contributed by atoms with Crippen LogP contribution in [0.1, 0.15) is 52.9 Å². The normalized spacial score (nSPS) is 21.4. The van der Waals surface area contributed by atoms with Crippen molar-refractivity contribution in [3.05, 3.63) is 0 Å². The Morgan fingerprint density at radius 2 is 1.89 bits per heavy atom. The van der Waals surface area contributed by atoms with Gasteiger partial charge in [-0.25, -0.2) is 4.79 Å². The molecule has 1 amide bonds. The van der Waals surface area contributed by atoms with E-state index in [1.807, 2.05) is 13.8 Å². The maximum absolute atomic E-state index is 12.5. The Kier molecular flexibility index (Phi) is 5.35. The number of carbonyl (C=O) groups is 2. The summed E-state index contributed by atoms with van der Waals surface area (Å²) in [6.07, 6.45) is 3.48. The van der Waals surface area contributed by atoms with Gasteiger partial charge in [-0.05, 0) is 45.7 Å². The van der Waals surface area contributed by atoms with Gasteiger partial charge in [-0.15, -0.1) is 0 Å². The minimum absolute atomic E-state index is 0.102. The highest BCUT2D eigenvalue weighted by atomic mass is 16.4. The Morgan fingerprint density at radius 3 is 2.32 bits per heavy atom. The average molecular weight is 270 g/mol. The highest BCUT2D eigenvalue weighted by molar-refractivity contribution is 5.89. The van der Waals surface area contributed by atoms with Crippen molar-refractivity contribution in [2.45, 2.75) is 58.4 Å². The van der Waals surface area contributed by atoms with Gasteiger partial charge in [0.05, 0.1) is 5.41 Å². The second kappa shape index (κ2) is 6.37. The summed E-state index contributed by atoms with van der Waals surface area (Å²) in [6, 6.07) is 0. The third-order valence-electron chi connectivity index (χ3n) is 4.33. The molecular weight excluding hydrogens is 244 g/mol. The van der Waals surface area contributed by atoms with Gasteiger partial charge >= 0.3 is 5.97 Å². The summed E-state index contributed by atoms with van der Waals surface area (Å²) in [6.45, 7) is 7.16. The SMILES string of the molecule is CCCC(C)(NC(=O)C1(CC)CCNCC1)C(=O)O. The standard InChI is InChI=1S/C14H26N2O3/c1-4-6-13(3,12(18)19)16-11(17)14(5-2)7-9-15-10-8-14/h15H,4-10H2,1-3H3,(H,16,17)(H,18,19). The molecule has 5 heteroatoms. The van der Waals surface area contributed by atoms with E-state index in [1.165, 1.54) is 0 Å². The first-order chi connectivity index (χ1) is 8.90. The molecule has 0 saturated carbocycles. The molecule has 19 heavy (non-hydrogen) atoms. The fourth-order valence-corrected chi connectivity index (χ4v) is 2.75. The van der Waals surface area contributed by atoms with Crippen molar-refractivity contribution in [1.82, 2.24) is 10.6 Å². The van der Waals surface area contributed by atoms with E-state index >= 15 is 0 Å². The molecule has 1 rings (SSSR count). The van der Waals surface area contributed by atoms with Gasteiger partial charge in [-0.1, -0.05) is 20.3 Å².